The molecule has 20 heavy (non-hydrogen) atoms. The van der Waals surface area contributed by atoms with Crippen molar-refractivity contribution in [2.45, 2.75) is 6.61 Å². The van der Waals surface area contributed by atoms with E-state index < -0.39 is 18.5 Å². The van der Waals surface area contributed by atoms with Crippen molar-refractivity contribution in [2.75, 3.05) is 5.32 Å². The Morgan fingerprint density at radius 3 is 2.50 bits per heavy atom. The van der Waals surface area contributed by atoms with Crippen molar-refractivity contribution in [2.24, 2.45) is 0 Å². The zero-order chi connectivity index (χ0) is 14.5. The van der Waals surface area contributed by atoms with Gasteiger partial charge in [0.05, 0.1) is 0 Å². The molecule has 0 saturated carbocycles. The van der Waals surface area contributed by atoms with Crippen LogP contribution in [-0.2, 0) is 0 Å². The van der Waals surface area contributed by atoms with Crippen molar-refractivity contribution in [3.8, 4) is 5.75 Å². The van der Waals surface area contributed by atoms with Crippen LogP contribution in [0.25, 0.3) is 0 Å². The van der Waals surface area contributed by atoms with Crippen LogP contribution < -0.4 is 10.1 Å². The van der Waals surface area contributed by atoms with Gasteiger partial charge in [-0.25, -0.2) is 4.98 Å². The van der Waals surface area contributed by atoms with Crippen LogP contribution in [0, 0.1) is 5.95 Å². The van der Waals surface area contributed by atoms with Gasteiger partial charge in [-0.15, -0.1) is 0 Å². The Kier molecular flexibility index (Phi) is 4.19. The Labute approximate surface area is 112 Å². The first-order valence-corrected chi connectivity index (χ1v) is 5.52. The summed E-state index contributed by atoms with van der Waals surface area (Å²) in [5, 5.41) is 2.49. The summed E-state index contributed by atoms with van der Waals surface area (Å²) >= 11 is 0. The van der Waals surface area contributed by atoms with Crippen LogP contribution in [0.3, 0.4) is 0 Å². The molecule has 0 atom stereocenters. The monoisotopic (exact) mass is 282 g/mol. The summed E-state index contributed by atoms with van der Waals surface area (Å²) in [6, 6.07) is 7.71. The number of carbonyl (C=O) groups excluding carboxylic acids is 1. The predicted octanol–water partition coefficient (Wildman–Crippen LogP) is 3.07. The van der Waals surface area contributed by atoms with E-state index in [1.54, 1.807) is 0 Å². The molecular weight excluding hydrogens is 273 g/mol. The van der Waals surface area contributed by atoms with Gasteiger partial charge in [-0.3, -0.25) is 4.79 Å². The normalized spacial score (nSPS) is 10.4. The molecule has 0 saturated heterocycles. The zero-order valence-electron chi connectivity index (χ0n) is 10.0. The molecule has 4 nitrogen and oxygen atoms in total. The minimum atomic E-state index is -2.91. The zero-order valence-corrected chi connectivity index (χ0v) is 10.0. The van der Waals surface area contributed by atoms with Crippen LogP contribution in [0.15, 0.2) is 42.6 Å². The molecule has 2 aromatic rings. The molecule has 2 rings (SSSR count). The molecule has 1 amide bonds. The summed E-state index contributed by atoms with van der Waals surface area (Å²) in [6.07, 6.45) is 1.17. The van der Waals surface area contributed by atoms with Gasteiger partial charge >= 0.3 is 6.61 Å². The highest BCUT2D eigenvalue weighted by molar-refractivity contribution is 6.04. The molecule has 0 aliphatic heterocycles. The maximum absolute atomic E-state index is 12.9. The standard InChI is InChI=1S/C13H9F3N2O2/c14-11-7-8(5-6-17-11)12(19)18-9-1-3-10(4-2-9)20-13(15)16/h1-7,13H,(H,18,19). The van der Waals surface area contributed by atoms with Crippen LogP contribution in [-0.4, -0.2) is 17.5 Å². The molecular formula is C13H9F3N2O2. The Hall–Kier alpha value is -2.57. The lowest BCUT2D eigenvalue weighted by Crippen LogP contribution is -2.12. The Bertz CT molecular complexity index is 603. The molecule has 0 aliphatic carbocycles. The summed E-state index contributed by atoms with van der Waals surface area (Å²) in [5.74, 6) is -1.32. The first kappa shape index (κ1) is 13.9. The van der Waals surface area contributed by atoms with E-state index in [1.807, 2.05) is 0 Å². The number of benzene rings is 1. The highest BCUT2D eigenvalue weighted by Crippen LogP contribution is 2.18. The number of halogens is 3. The maximum Gasteiger partial charge on any atom is 0.387 e. The first-order valence-electron chi connectivity index (χ1n) is 5.52. The fourth-order valence-corrected chi connectivity index (χ4v) is 1.47. The van der Waals surface area contributed by atoms with E-state index in [4.69, 9.17) is 0 Å². The van der Waals surface area contributed by atoms with Gasteiger partial charge in [0.15, 0.2) is 0 Å². The molecule has 7 heteroatoms. The summed E-state index contributed by atoms with van der Waals surface area (Å²) in [4.78, 5) is 15.1. The minimum Gasteiger partial charge on any atom is -0.435 e. The van der Waals surface area contributed by atoms with Crippen LogP contribution in [0.5, 0.6) is 5.75 Å². The summed E-state index contributed by atoms with van der Waals surface area (Å²) in [7, 11) is 0. The van der Waals surface area contributed by atoms with Gasteiger partial charge < -0.3 is 10.1 Å². The van der Waals surface area contributed by atoms with Crippen molar-refractivity contribution in [3.63, 3.8) is 0 Å². The number of alkyl halides is 2. The Balaban J connectivity index is 2.04. The fourth-order valence-electron chi connectivity index (χ4n) is 1.47. The fraction of sp³-hybridized carbons (Fsp3) is 0.0769. The van der Waals surface area contributed by atoms with Crippen molar-refractivity contribution >= 4 is 11.6 Å². The summed E-state index contributed by atoms with van der Waals surface area (Å²) in [6.45, 7) is -2.91. The molecule has 1 aromatic heterocycles. The summed E-state index contributed by atoms with van der Waals surface area (Å²) in [5.41, 5.74) is 0.472. The maximum atomic E-state index is 12.9. The van der Waals surface area contributed by atoms with Crippen molar-refractivity contribution in [1.29, 1.82) is 0 Å². The smallest absolute Gasteiger partial charge is 0.387 e. The third-order valence-electron chi connectivity index (χ3n) is 2.33. The van der Waals surface area contributed by atoms with E-state index in [2.05, 4.69) is 15.0 Å². The molecule has 1 aromatic carbocycles. The van der Waals surface area contributed by atoms with Gasteiger partial charge in [-0.05, 0) is 30.3 Å². The quantitative estimate of drug-likeness (QED) is 0.877. The Morgan fingerprint density at radius 2 is 1.90 bits per heavy atom. The van der Waals surface area contributed by atoms with Crippen molar-refractivity contribution < 1.29 is 22.7 Å². The van der Waals surface area contributed by atoms with E-state index in [1.165, 1.54) is 36.5 Å². The molecule has 0 spiro atoms. The number of carbonyl (C=O) groups is 1. The second-order valence-electron chi connectivity index (χ2n) is 3.72. The van der Waals surface area contributed by atoms with Crippen molar-refractivity contribution in [1.82, 2.24) is 4.98 Å². The number of nitrogens with zero attached hydrogens (tertiary/aromatic N) is 1. The van der Waals surface area contributed by atoms with Crippen LogP contribution >= 0.6 is 0 Å². The Morgan fingerprint density at radius 1 is 1.20 bits per heavy atom. The lowest BCUT2D eigenvalue weighted by atomic mass is 10.2. The molecule has 104 valence electrons. The number of amides is 1. The predicted molar refractivity (Wildman–Crippen MR) is 65.2 cm³/mol. The van der Waals surface area contributed by atoms with Gasteiger partial charge in [0.25, 0.3) is 5.91 Å². The third-order valence-corrected chi connectivity index (χ3v) is 2.33. The molecule has 0 fully saturated rings. The van der Waals surface area contributed by atoms with Crippen molar-refractivity contribution in [3.05, 3.63) is 54.1 Å². The van der Waals surface area contributed by atoms with Crippen LogP contribution in [0.1, 0.15) is 10.4 Å². The number of anilines is 1. The van der Waals surface area contributed by atoms with Gasteiger partial charge in [-0.1, -0.05) is 0 Å². The average molecular weight is 282 g/mol. The molecule has 0 bridgehead atoms. The molecule has 0 unspecified atom stereocenters. The largest absolute Gasteiger partial charge is 0.435 e. The van der Waals surface area contributed by atoms with Crippen LogP contribution in [0.2, 0.25) is 0 Å². The van der Waals surface area contributed by atoms with Gasteiger partial charge in [0.2, 0.25) is 5.95 Å². The second kappa shape index (κ2) is 6.05. The number of aromatic nitrogens is 1. The highest BCUT2D eigenvalue weighted by atomic mass is 19.3. The number of hydrogen-bond donors (Lipinski definition) is 1. The average Bonchev–Trinajstić information content (AvgIpc) is 2.40. The number of rotatable bonds is 4. The van der Waals surface area contributed by atoms with E-state index >= 15 is 0 Å². The number of pyridine rings is 1. The summed E-state index contributed by atoms with van der Waals surface area (Å²) < 4.78 is 40.9. The van der Waals surface area contributed by atoms with Gasteiger partial charge in [0.1, 0.15) is 5.75 Å². The lowest BCUT2D eigenvalue weighted by Gasteiger charge is -2.07. The van der Waals surface area contributed by atoms with Gasteiger partial charge in [-0.2, -0.15) is 13.2 Å². The lowest BCUT2D eigenvalue weighted by molar-refractivity contribution is -0.0498. The minimum absolute atomic E-state index is 0.0204. The highest BCUT2D eigenvalue weighted by Gasteiger charge is 2.08. The first-order chi connectivity index (χ1) is 9.54. The number of nitrogens with one attached hydrogen (secondary N) is 1. The third kappa shape index (κ3) is 3.71. The topological polar surface area (TPSA) is 51.2 Å². The van der Waals surface area contributed by atoms with E-state index in [0.717, 1.165) is 6.07 Å². The number of hydrogen-bond acceptors (Lipinski definition) is 3. The number of ether oxygens (including phenoxy) is 1. The molecule has 0 aliphatic rings. The van der Waals surface area contributed by atoms with E-state index in [-0.39, 0.29) is 11.3 Å². The van der Waals surface area contributed by atoms with Gasteiger partial charge in [0, 0.05) is 23.5 Å². The molecule has 1 heterocycles. The SMILES string of the molecule is O=C(Nc1ccc(OC(F)F)cc1)c1ccnc(F)c1. The molecule has 0 radical (unpaired) electrons. The molecule has 1 N–H and O–H groups in total. The van der Waals surface area contributed by atoms with E-state index in [9.17, 15) is 18.0 Å². The second-order valence-corrected chi connectivity index (χ2v) is 3.72. The van der Waals surface area contributed by atoms with E-state index in [0.29, 0.717) is 5.69 Å². The van der Waals surface area contributed by atoms with Crippen LogP contribution in [0.4, 0.5) is 18.9 Å².